The number of anilines is 1. The fourth-order valence-corrected chi connectivity index (χ4v) is 3.77. The average Bonchev–Trinajstić information content (AvgIpc) is 3.08. The summed E-state index contributed by atoms with van der Waals surface area (Å²) in [5.41, 5.74) is 1.34. The first-order valence-corrected chi connectivity index (χ1v) is 10.3. The van der Waals surface area contributed by atoms with Gasteiger partial charge in [-0.3, -0.25) is 14.9 Å². The number of aromatic nitrogens is 3. The van der Waals surface area contributed by atoms with Crippen LogP contribution in [0.1, 0.15) is 28.7 Å². The lowest BCUT2D eigenvalue weighted by molar-refractivity contribution is -0.384. The van der Waals surface area contributed by atoms with E-state index in [-0.39, 0.29) is 22.0 Å². The van der Waals surface area contributed by atoms with Crippen molar-refractivity contribution in [3.63, 3.8) is 0 Å². The molecule has 0 aliphatic heterocycles. The van der Waals surface area contributed by atoms with Crippen LogP contribution in [0, 0.1) is 17.0 Å². The highest BCUT2D eigenvalue weighted by atomic mass is 32.2. The van der Waals surface area contributed by atoms with Crippen LogP contribution < -0.4 is 10.5 Å². The number of nitro benzene ring substituents is 1. The summed E-state index contributed by atoms with van der Waals surface area (Å²) < 4.78 is 24.9. The molecule has 3 N–H and O–H groups in total. The third-order valence-corrected chi connectivity index (χ3v) is 5.40. The SMILES string of the molecule is CCc1ccc(NC(=O)c2nnn(-c3cccc([N+](=O)[O-])c3)c2C)cc1S(N)(=O)=O. The first kappa shape index (κ1) is 21.1. The van der Waals surface area contributed by atoms with Gasteiger partial charge in [0.25, 0.3) is 11.6 Å². The second-order valence-electron chi connectivity index (χ2n) is 6.39. The monoisotopic (exact) mass is 430 g/mol. The second kappa shape index (κ2) is 8.00. The Kier molecular flexibility index (Phi) is 5.62. The quantitative estimate of drug-likeness (QED) is 0.446. The number of nitrogens with zero attached hydrogens (tertiary/aromatic N) is 4. The van der Waals surface area contributed by atoms with Crippen molar-refractivity contribution < 1.29 is 18.1 Å². The zero-order chi connectivity index (χ0) is 22.1. The molecule has 30 heavy (non-hydrogen) atoms. The minimum Gasteiger partial charge on any atom is -0.320 e. The molecular weight excluding hydrogens is 412 g/mol. The number of non-ortho nitro benzene ring substituents is 1. The van der Waals surface area contributed by atoms with Gasteiger partial charge in [-0.15, -0.1) is 5.10 Å². The molecule has 0 fully saturated rings. The number of nitrogens with one attached hydrogen (secondary N) is 1. The Labute approximate surface area is 171 Å². The molecule has 1 aromatic heterocycles. The van der Waals surface area contributed by atoms with Gasteiger partial charge >= 0.3 is 0 Å². The molecule has 0 bridgehead atoms. The lowest BCUT2D eigenvalue weighted by atomic mass is 10.1. The fraction of sp³-hybridized carbons (Fsp3) is 0.167. The Morgan fingerprint density at radius 3 is 2.63 bits per heavy atom. The standard InChI is InChI=1S/C18H18N6O5S/c1-3-12-7-8-13(9-16(12)30(19,28)29)20-18(25)17-11(2)23(22-21-17)14-5-4-6-15(10-14)24(26)27/h4-10H,3H2,1-2H3,(H,20,25)(H2,19,28,29). The molecule has 156 valence electrons. The molecule has 0 atom stereocenters. The Morgan fingerprint density at radius 1 is 1.27 bits per heavy atom. The van der Waals surface area contributed by atoms with Crippen LogP contribution in [0.2, 0.25) is 0 Å². The van der Waals surface area contributed by atoms with Gasteiger partial charge in [0.15, 0.2) is 5.69 Å². The minimum atomic E-state index is -3.96. The number of carbonyl (C=O) groups excluding carboxylic acids is 1. The molecular formula is C18H18N6O5S. The number of sulfonamides is 1. The molecule has 0 saturated carbocycles. The van der Waals surface area contributed by atoms with Crippen molar-refractivity contribution in [2.75, 3.05) is 5.32 Å². The van der Waals surface area contributed by atoms with E-state index in [1.807, 2.05) is 0 Å². The molecule has 1 heterocycles. The lowest BCUT2D eigenvalue weighted by Gasteiger charge is -2.10. The number of hydrogen-bond donors (Lipinski definition) is 2. The number of carbonyl (C=O) groups is 1. The predicted octanol–water partition coefficient (Wildman–Crippen LogP) is 1.95. The highest BCUT2D eigenvalue weighted by molar-refractivity contribution is 7.89. The smallest absolute Gasteiger partial charge is 0.278 e. The number of rotatable bonds is 6. The number of nitro groups is 1. The zero-order valence-corrected chi connectivity index (χ0v) is 16.9. The van der Waals surface area contributed by atoms with E-state index in [0.29, 0.717) is 23.4 Å². The first-order valence-electron chi connectivity index (χ1n) is 8.76. The Bertz CT molecular complexity index is 1250. The summed E-state index contributed by atoms with van der Waals surface area (Å²) in [7, 11) is -3.96. The van der Waals surface area contributed by atoms with Crippen molar-refractivity contribution in [1.82, 2.24) is 15.0 Å². The lowest BCUT2D eigenvalue weighted by Crippen LogP contribution is -2.17. The van der Waals surface area contributed by atoms with Gasteiger partial charge < -0.3 is 5.32 Å². The summed E-state index contributed by atoms with van der Waals surface area (Å²) in [5.74, 6) is -0.617. The topological polar surface area (TPSA) is 163 Å². The van der Waals surface area contributed by atoms with Crippen molar-refractivity contribution in [2.24, 2.45) is 5.14 Å². The van der Waals surface area contributed by atoms with Crippen molar-refractivity contribution >= 4 is 27.3 Å². The summed E-state index contributed by atoms with van der Waals surface area (Å²) in [6, 6.07) is 10.2. The number of hydrogen-bond acceptors (Lipinski definition) is 7. The summed E-state index contributed by atoms with van der Waals surface area (Å²) >= 11 is 0. The molecule has 0 radical (unpaired) electrons. The van der Waals surface area contributed by atoms with Gasteiger partial charge in [0.2, 0.25) is 10.0 Å². The molecule has 0 saturated heterocycles. The highest BCUT2D eigenvalue weighted by Crippen LogP contribution is 2.22. The molecule has 3 rings (SSSR count). The van der Waals surface area contributed by atoms with E-state index in [9.17, 15) is 23.3 Å². The molecule has 1 amide bonds. The van der Waals surface area contributed by atoms with Crippen LogP contribution in [0.3, 0.4) is 0 Å². The molecule has 3 aromatic rings. The van der Waals surface area contributed by atoms with E-state index < -0.39 is 20.9 Å². The van der Waals surface area contributed by atoms with Gasteiger partial charge in [-0.2, -0.15) is 0 Å². The van der Waals surface area contributed by atoms with E-state index in [1.165, 1.54) is 28.9 Å². The number of primary sulfonamides is 1. The maximum absolute atomic E-state index is 12.7. The molecule has 0 unspecified atom stereocenters. The Hall–Kier alpha value is -3.64. The van der Waals surface area contributed by atoms with Gasteiger partial charge in [0.1, 0.15) is 0 Å². The Balaban J connectivity index is 1.91. The summed E-state index contributed by atoms with van der Waals surface area (Å²) in [4.78, 5) is 23.0. The fourth-order valence-electron chi connectivity index (χ4n) is 2.90. The maximum Gasteiger partial charge on any atom is 0.278 e. The van der Waals surface area contributed by atoms with Crippen LogP contribution >= 0.6 is 0 Å². The molecule has 11 nitrogen and oxygen atoms in total. The number of nitrogens with two attached hydrogens (primary N) is 1. The van der Waals surface area contributed by atoms with Crippen LogP contribution in [-0.2, 0) is 16.4 Å². The van der Waals surface area contributed by atoms with E-state index in [1.54, 1.807) is 32.0 Å². The number of aryl methyl sites for hydroxylation is 1. The predicted molar refractivity (Wildman–Crippen MR) is 108 cm³/mol. The molecule has 0 spiro atoms. The van der Waals surface area contributed by atoms with E-state index in [2.05, 4.69) is 15.6 Å². The van der Waals surface area contributed by atoms with Crippen molar-refractivity contribution in [3.8, 4) is 5.69 Å². The minimum absolute atomic E-state index is 0.0155. The first-order chi connectivity index (χ1) is 14.1. The summed E-state index contributed by atoms with van der Waals surface area (Å²) in [6.07, 6.45) is 0.455. The van der Waals surface area contributed by atoms with Gasteiger partial charge in [-0.25, -0.2) is 18.2 Å². The van der Waals surface area contributed by atoms with Crippen LogP contribution in [0.15, 0.2) is 47.4 Å². The summed E-state index contributed by atoms with van der Waals surface area (Å²) in [5, 5.41) is 26.6. The second-order valence-corrected chi connectivity index (χ2v) is 7.92. The van der Waals surface area contributed by atoms with Crippen LogP contribution in [-0.4, -0.2) is 34.2 Å². The van der Waals surface area contributed by atoms with Gasteiger partial charge in [-0.05, 0) is 37.1 Å². The van der Waals surface area contributed by atoms with E-state index in [0.717, 1.165) is 0 Å². The normalized spacial score (nSPS) is 11.3. The van der Waals surface area contributed by atoms with Crippen molar-refractivity contribution in [2.45, 2.75) is 25.2 Å². The van der Waals surface area contributed by atoms with Crippen LogP contribution in [0.25, 0.3) is 5.69 Å². The van der Waals surface area contributed by atoms with Crippen molar-refractivity contribution in [1.29, 1.82) is 0 Å². The average molecular weight is 430 g/mol. The molecule has 2 aromatic carbocycles. The molecule has 0 aliphatic rings. The van der Waals surface area contributed by atoms with Crippen molar-refractivity contribution in [3.05, 3.63) is 69.5 Å². The van der Waals surface area contributed by atoms with Gasteiger partial charge in [0, 0.05) is 17.8 Å². The molecule has 12 heteroatoms. The van der Waals surface area contributed by atoms with Crippen LogP contribution in [0.4, 0.5) is 11.4 Å². The maximum atomic E-state index is 12.7. The highest BCUT2D eigenvalue weighted by Gasteiger charge is 2.20. The summed E-state index contributed by atoms with van der Waals surface area (Å²) in [6.45, 7) is 3.38. The number of amides is 1. The number of benzene rings is 2. The zero-order valence-electron chi connectivity index (χ0n) is 16.1. The largest absolute Gasteiger partial charge is 0.320 e. The molecule has 0 aliphatic carbocycles. The third kappa shape index (κ3) is 4.18. The van der Waals surface area contributed by atoms with Gasteiger partial charge in [0.05, 0.1) is 21.2 Å². The Morgan fingerprint density at radius 2 is 2.00 bits per heavy atom. The van der Waals surface area contributed by atoms with Crippen LogP contribution in [0.5, 0.6) is 0 Å². The third-order valence-electron chi connectivity index (χ3n) is 4.41. The van der Waals surface area contributed by atoms with E-state index >= 15 is 0 Å². The van der Waals surface area contributed by atoms with Gasteiger partial charge in [-0.1, -0.05) is 24.3 Å². The van der Waals surface area contributed by atoms with E-state index in [4.69, 9.17) is 5.14 Å².